The van der Waals surface area contributed by atoms with Crippen molar-refractivity contribution in [1.82, 2.24) is 9.78 Å². The molecule has 0 fully saturated rings. The van der Waals surface area contributed by atoms with Crippen LogP contribution in [0.4, 0.5) is 11.4 Å². The fraction of sp³-hybridized carbons (Fsp3) is 0.190. The molecule has 5 nitrogen and oxygen atoms in total. The van der Waals surface area contributed by atoms with Gasteiger partial charge in [-0.25, -0.2) is 4.68 Å². The van der Waals surface area contributed by atoms with E-state index in [2.05, 4.69) is 10.4 Å². The minimum atomic E-state index is -0.393. The fourth-order valence-corrected chi connectivity index (χ4v) is 3.45. The summed E-state index contributed by atoms with van der Waals surface area (Å²) in [5.41, 5.74) is 1.68. The maximum atomic E-state index is 13.1. The summed E-state index contributed by atoms with van der Waals surface area (Å²) in [5, 5.41) is 8.37. The van der Waals surface area contributed by atoms with Crippen LogP contribution in [0.2, 0.25) is 10.0 Å². The predicted octanol–water partition coefficient (Wildman–Crippen LogP) is 5.74. The zero-order chi connectivity index (χ0) is 20.4. The zero-order valence-electron chi connectivity index (χ0n) is 15.7. The average Bonchev–Trinajstić information content (AvgIpc) is 2.62. The van der Waals surface area contributed by atoms with E-state index in [1.54, 1.807) is 18.2 Å². The van der Waals surface area contributed by atoms with Crippen molar-refractivity contribution in [3.8, 4) is 11.3 Å². The van der Waals surface area contributed by atoms with Gasteiger partial charge >= 0.3 is 0 Å². The van der Waals surface area contributed by atoms with Gasteiger partial charge in [-0.3, -0.25) is 9.59 Å². The molecule has 0 unspecified atom stereocenters. The SMILES string of the molecule is CC(=O)c1c(-c2ccccc2)nn(C(C)C)c(=O)c1Nc1cc(Cl)cc(Cl)c1. The molecule has 0 saturated heterocycles. The van der Waals surface area contributed by atoms with Crippen LogP contribution in [0, 0.1) is 0 Å². The third-order valence-corrected chi connectivity index (χ3v) is 4.57. The largest absolute Gasteiger partial charge is 0.350 e. The maximum absolute atomic E-state index is 13.1. The molecule has 7 heteroatoms. The van der Waals surface area contributed by atoms with Gasteiger partial charge in [-0.15, -0.1) is 0 Å². The van der Waals surface area contributed by atoms with E-state index in [0.717, 1.165) is 5.56 Å². The summed E-state index contributed by atoms with van der Waals surface area (Å²) in [6.45, 7) is 5.13. The Labute approximate surface area is 172 Å². The minimum Gasteiger partial charge on any atom is -0.350 e. The number of carbonyl (C=O) groups excluding carboxylic acids is 1. The Morgan fingerprint density at radius 2 is 1.68 bits per heavy atom. The maximum Gasteiger partial charge on any atom is 0.291 e. The Kier molecular flexibility index (Phi) is 5.87. The molecular formula is C21H19Cl2N3O2. The first-order chi connectivity index (χ1) is 13.3. The molecule has 0 radical (unpaired) electrons. The second kappa shape index (κ2) is 8.17. The number of aromatic nitrogens is 2. The van der Waals surface area contributed by atoms with Crippen molar-refractivity contribution in [2.75, 3.05) is 5.32 Å². The van der Waals surface area contributed by atoms with E-state index in [1.165, 1.54) is 11.6 Å². The lowest BCUT2D eigenvalue weighted by Gasteiger charge is -2.18. The second-order valence-corrected chi connectivity index (χ2v) is 7.52. The van der Waals surface area contributed by atoms with Crippen molar-refractivity contribution >= 4 is 40.4 Å². The fourth-order valence-electron chi connectivity index (χ4n) is 2.92. The summed E-state index contributed by atoms with van der Waals surface area (Å²) in [4.78, 5) is 25.7. The van der Waals surface area contributed by atoms with Crippen molar-refractivity contribution in [3.63, 3.8) is 0 Å². The van der Waals surface area contributed by atoms with Gasteiger partial charge in [0.1, 0.15) is 11.4 Å². The van der Waals surface area contributed by atoms with E-state index >= 15 is 0 Å². The van der Waals surface area contributed by atoms with Crippen molar-refractivity contribution < 1.29 is 4.79 Å². The molecule has 1 N–H and O–H groups in total. The number of hydrogen-bond acceptors (Lipinski definition) is 4. The number of nitrogens with zero attached hydrogens (tertiary/aromatic N) is 2. The summed E-state index contributed by atoms with van der Waals surface area (Å²) in [5.74, 6) is -0.269. The predicted molar refractivity (Wildman–Crippen MR) is 114 cm³/mol. The summed E-state index contributed by atoms with van der Waals surface area (Å²) in [7, 11) is 0. The van der Waals surface area contributed by atoms with Crippen LogP contribution in [-0.4, -0.2) is 15.6 Å². The van der Waals surface area contributed by atoms with E-state index in [-0.39, 0.29) is 23.1 Å². The molecule has 3 aromatic rings. The van der Waals surface area contributed by atoms with Gasteiger partial charge in [0.05, 0.1) is 11.6 Å². The number of anilines is 2. The van der Waals surface area contributed by atoms with Crippen LogP contribution in [0.5, 0.6) is 0 Å². The topological polar surface area (TPSA) is 64.0 Å². The minimum absolute atomic E-state index is 0.147. The van der Waals surface area contributed by atoms with E-state index < -0.39 is 5.56 Å². The molecule has 0 amide bonds. The first kappa shape index (κ1) is 20.1. The van der Waals surface area contributed by atoms with Gasteiger partial charge in [0.2, 0.25) is 0 Å². The molecule has 1 aromatic heterocycles. The van der Waals surface area contributed by atoms with Crippen LogP contribution in [0.3, 0.4) is 0 Å². The van der Waals surface area contributed by atoms with Gasteiger partial charge in [-0.2, -0.15) is 5.10 Å². The standard InChI is InChI=1S/C21H19Cl2N3O2/c1-12(2)26-21(28)20(24-17-10-15(22)9-16(23)11-17)18(13(3)27)19(25-26)14-7-5-4-6-8-14/h4-12,24H,1-3H3. The molecule has 2 aromatic carbocycles. The number of halogens is 2. The molecule has 0 aliphatic rings. The third-order valence-electron chi connectivity index (χ3n) is 4.14. The summed E-state index contributed by atoms with van der Waals surface area (Å²) in [6, 6.07) is 14.0. The Bertz CT molecular complexity index is 1070. The number of nitrogens with one attached hydrogen (secondary N) is 1. The third kappa shape index (κ3) is 4.11. The molecule has 0 saturated carbocycles. The summed E-state index contributed by atoms with van der Waals surface area (Å²) in [6.07, 6.45) is 0. The van der Waals surface area contributed by atoms with Crippen LogP contribution in [0.15, 0.2) is 53.3 Å². The summed E-state index contributed by atoms with van der Waals surface area (Å²) >= 11 is 12.2. The number of Topliss-reactive ketones (excluding diaryl/α,β-unsaturated/α-hetero) is 1. The van der Waals surface area contributed by atoms with E-state index in [0.29, 0.717) is 21.4 Å². The molecule has 3 rings (SSSR count). The second-order valence-electron chi connectivity index (χ2n) is 6.65. The molecule has 0 atom stereocenters. The number of benzene rings is 2. The van der Waals surface area contributed by atoms with Crippen molar-refractivity contribution in [1.29, 1.82) is 0 Å². The highest BCUT2D eigenvalue weighted by Gasteiger charge is 2.23. The zero-order valence-corrected chi connectivity index (χ0v) is 17.2. The lowest BCUT2D eigenvalue weighted by Crippen LogP contribution is -2.30. The van der Waals surface area contributed by atoms with E-state index in [1.807, 2.05) is 44.2 Å². The Balaban J connectivity index is 2.31. The molecule has 1 heterocycles. The number of ketones is 1. The number of carbonyl (C=O) groups is 1. The lowest BCUT2D eigenvalue weighted by atomic mass is 10.0. The van der Waals surface area contributed by atoms with Gasteiger partial charge in [0.15, 0.2) is 5.78 Å². The number of rotatable bonds is 5. The average molecular weight is 416 g/mol. The van der Waals surface area contributed by atoms with Crippen LogP contribution in [-0.2, 0) is 0 Å². The van der Waals surface area contributed by atoms with Crippen LogP contribution in [0.1, 0.15) is 37.2 Å². The molecule has 0 aliphatic carbocycles. The molecule has 144 valence electrons. The first-order valence-electron chi connectivity index (χ1n) is 8.74. The monoisotopic (exact) mass is 415 g/mol. The highest BCUT2D eigenvalue weighted by molar-refractivity contribution is 6.35. The van der Waals surface area contributed by atoms with Crippen LogP contribution < -0.4 is 10.9 Å². The Morgan fingerprint density at radius 1 is 1.07 bits per heavy atom. The summed E-state index contributed by atoms with van der Waals surface area (Å²) < 4.78 is 1.36. The van der Waals surface area contributed by atoms with E-state index in [4.69, 9.17) is 23.2 Å². The molecule has 0 spiro atoms. The van der Waals surface area contributed by atoms with Gasteiger partial charge in [-0.1, -0.05) is 53.5 Å². The van der Waals surface area contributed by atoms with Gasteiger partial charge in [0.25, 0.3) is 5.56 Å². The van der Waals surface area contributed by atoms with Crippen molar-refractivity contribution in [2.24, 2.45) is 0 Å². The van der Waals surface area contributed by atoms with Gasteiger partial charge in [0, 0.05) is 21.3 Å². The smallest absolute Gasteiger partial charge is 0.291 e. The number of hydrogen-bond donors (Lipinski definition) is 1. The van der Waals surface area contributed by atoms with Crippen molar-refractivity contribution in [3.05, 3.63) is 74.5 Å². The van der Waals surface area contributed by atoms with Crippen LogP contribution in [0.25, 0.3) is 11.3 Å². The highest BCUT2D eigenvalue weighted by atomic mass is 35.5. The molecule has 28 heavy (non-hydrogen) atoms. The molecular weight excluding hydrogens is 397 g/mol. The first-order valence-corrected chi connectivity index (χ1v) is 9.49. The molecule has 0 aliphatic heterocycles. The van der Waals surface area contributed by atoms with Crippen molar-refractivity contribution in [2.45, 2.75) is 26.8 Å². The normalized spacial score (nSPS) is 10.9. The van der Waals surface area contributed by atoms with E-state index in [9.17, 15) is 9.59 Å². The highest BCUT2D eigenvalue weighted by Crippen LogP contribution is 2.30. The Morgan fingerprint density at radius 3 is 2.21 bits per heavy atom. The van der Waals surface area contributed by atoms with Gasteiger partial charge < -0.3 is 5.32 Å². The Hall–Kier alpha value is -2.63. The molecule has 0 bridgehead atoms. The lowest BCUT2D eigenvalue weighted by molar-refractivity contribution is 0.101. The quantitative estimate of drug-likeness (QED) is 0.539. The van der Waals surface area contributed by atoms with Crippen LogP contribution >= 0.6 is 23.2 Å². The van der Waals surface area contributed by atoms with Gasteiger partial charge in [-0.05, 0) is 39.0 Å².